The zero-order chi connectivity index (χ0) is 21.4. The van der Waals surface area contributed by atoms with Gasteiger partial charge in [-0.3, -0.25) is 9.69 Å². The van der Waals surface area contributed by atoms with Crippen molar-refractivity contribution in [2.45, 2.75) is 12.6 Å². The molecule has 0 spiro atoms. The molecule has 1 N–H and O–H groups in total. The quantitative estimate of drug-likeness (QED) is 0.496. The Balaban J connectivity index is 1.43. The van der Waals surface area contributed by atoms with Crippen LogP contribution in [0.1, 0.15) is 27.1 Å². The molecule has 4 aromatic rings. The minimum Gasteiger partial charge on any atom is -0.493 e. The van der Waals surface area contributed by atoms with Crippen LogP contribution in [-0.2, 0) is 11.3 Å². The number of thiophene rings is 1. The molecule has 0 saturated carbocycles. The van der Waals surface area contributed by atoms with Gasteiger partial charge in [0.05, 0.1) is 31.2 Å². The second kappa shape index (κ2) is 8.34. The summed E-state index contributed by atoms with van der Waals surface area (Å²) < 4.78 is 18.8. The van der Waals surface area contributed by atoms with Crippen molar-refractivity contribution >= 4 is 38.3 Å². The number of para-hydroxylation sites is 1. The van der Waals surface area contributed by atoms with Gasteiger partial charge in [-0.05, 0) is 23.6 Å². The second-order valence-electron chi connectivity index (χ2n) is 7.61. The number of benzene rings is 2. The molecule has 0 aliphatic carbocycles. The molecule has 0 radical (unpaired) electrons. The van der Waals surface area contributed by atoms with Crippen molar-refractivity contribution in [1.29, 1.82) is 0 Å². The van der Waals surface area contributed by atoms with E-state index in [1.807, 2.05) is 30.3 Å². The van der Waals surface area contributed by atoms with Crippen LogP contribution < -0.4 is 10.1 Å². The summed E-state index contributed by atoms with van der Waals surface area (Å²) in [5.41, 5.74) is 1.76. The molecule has 31 heavy (non-hydrogen) atoms. The van der Waals surface area contributed by atoms with E-state index in [-0.39, 0.29) is 12.0 Å². The molecule has 0 bridgehead atoms. The lowest BCUT2D eigenvalue weighted by molar-refractivity contribution is -0.0339. The SMILES string of the molecule is CNC(=O)c1sc2ccccc2c1[C@@H]1CN(Cc2cc3cccc(OC)c3o2)CCO1. The summed E-state index contributed by atoms with van der Waals surface area (Å²) in [6.45, 7) is 2.78. The van der Waals surface area contributed by atoms with Gasteiger partial charge >= 0.3 is 0 Å². The molecule has 3 heterocycles. The van der Waals surface area contributed by atoms with Crippen molar-refractivity contribution in [3.8, 4) is 5.75 Å². The zero-order valence-electron chi connectivity index (χ0n) is 17.5. The van der Waals surface area contributed by atoms with Crippen LogP contribution in [0.25, 0.3) is 21.1 Å². The van der Waals surface area contributed by atoms with E-state index in [0.29, 0.717) is 19.7 Å². The second-order valence-corrected chi connectivity index (χ2v) is 8.66. The lowest BCUT2D eigenvalue weighted by atomic mass is 10.0. The van der Waals surface area contributed by atoms with Gasteiger partial charge in [0.15, 0.2) is 11.3 Å². The Morgan fingerprint density at radius 3 is 2.97 bits per heavy atom. The molecule has 6 nitrogen and oxygen atoms in total. The summed E-state index contributed by atoms with van der Waals surface area (Å²) in [5, 5.41) is 4.90. The summed E-state index contributed by atoms with van der Waals surface area (Å²) in [5.74, 6) is 1.56. The lowest BCUT2D eigenvalue weighted by Gasteiger charge is -2.32. The molecule has 2 aromatic heterocycles. The summed E-state index contributed by atoms with van der Waals surface area (Å²) in [4.78, 5) is 15.6. The first kappa shape index (κ1) is 20.1. The van der Waals surface area contributed by atoms with Crippen LogP contribution in [0.15, 0.2) is 52.9 Å². The topological polar surface area (TPSA) is 63.9 Å². The molecule has 1 aliphatic rings. The fraction of sp³-hybridized carbons (Fsp3) is 0.292. The largest absolute Gasteiger partial charge is 0.493 e. The zero-order valence-corrected chi connectivity index (χ0v) is 18.3. The minimum atomic E-state index is -0.170. The third-order valence-electron chi connectivity index (χ3n) is 5.70. The number of methoxy groups -OCH3 is 1. The molecule has 1 atom stereocenters. The maximum Gasteiger partial charge on any atom is 0.261 e. The van der Waals surface area contributed by atoms with Gasteiger partial charge in [0.25, 0.3) is 5.91 Å². The molecule has 7 heteroatoms. The monoisotopic (exact) mass is 436 g/mol. The van der Waals surface area contributed by atoms with Gasteiger partial charge in [0.2, 0.25) is 0 Å². The van der Waals surface area contributed by atoms with Gasteiger partial charge in [-0.2, -0.15) is 0 Å². The summed E-state index contributed by atoms with van der Waals surface area (Å²) in [7, 11) is 3.32. The Kier molecular flexibility index (Phi) is 5.40. The van der Waals surface area contributed by atoms with Crippen molar-refractivity contribution < 1.29 is 18.7 Å². The van der Waals surface area contributed by atoms with E-state index in [1.165, 1.54) is 11.3 Å². The average molecular weight is 437 g/mol. The minimum absolute atomic E-state index is 0.0682. The Bertz CT molecular complexity index is 1250. The van der Waals surface area contributed by atoms with E-state index in [4.69, 9.17) is 13.9 Å². The number of ether oxygens (including phenoxy) is 2. The van der Waals surface area contributed by atoms with E-state index in [0.717, 1.165) is 49.6 Å². The van der Waals surface area contributed by atoms with Crippen LogP contribution in [0, 0.1) is 0 Å². The third kappa shape index (κ3) is 3.69. The normalized spacial score (nSPS) is 17.3. The first-order chi connectivity index (χ1) is 15.2. The highest BCUT2D eigenvalue weighted by molar-refractivity contribution is 7.21. The number of nitrogens with one attached hydrogen (secondary N) is 1. The highest BCUT2D eigenvalue weighted by Gasteiger charge is 2.30. The van der Waals surface area contributed by atoms with Crippen molar-refractivity contribution in [2.75, 3.05) is 33.9 Å². The van der Waals surface area contributed by atoms with Crippen LogP contribution in [-0.4, -0.2) is 44.7 Å². The molecular formula is C24H24N2O4S. The average Bonchev–Trinajstić information content (AvgIpc) is 3.39. The van der Waals surface area contributed by atoms with Crippen molar-refractivity contribution in [1.82, 2.24) is 10.2 Å². The van der Waals surface area contributed by atoms with Crippen molar-refractivity contribution in [2.24, 2.45) is 0 Å². The van der Waals surface area contributed by atoms with Gasteiger partial charge < -0.3 is 19.2 Å². The Labute approximate surface area is 184 Å². The maximum atomic E-state index is 12.6. The number of furan rings is 1. The molecule has 0 unspecified atom stereocenters. The highest BCUT2D eigenvalue weighted by Crippen LogP contribution is 2.38. The van der Waals surface area contributed by atoms with Gasteiger partial charge in [-0.25, -0.2) is 0 Å². The summed E-state index contributed by atoms with van der Waals surface area (Å²) in [6.07, 6.45) is -0.170. The van der Waals surface area contributed by atoms with E-state index in [1.54, 1.807) is 14.2 Å². The molecule has 1 fully saturated rings. The number of carbonyl (C=O) groups is 1. The number of hydrogen-bond donors (Lipinski definition) is 1. The highest BCUT2D eigenvalue weighted by atomic mass is 32.1. The van der Waals surface area contributed by atoms with E-state index >= 15 is 0 Å². The van der Waals surface area contributed by atoms with Gasteiger partial charge in [0, 0.05) is 35.8 Å². The van der Waals surface area contributed by atoms with E-state index in [2.05, 4.69) is 28.4 Å². The fourth-order valence-electron chi connectivity index (χ4n) is 4.24. The molecule has 5 rings (SSSR count). The number of rotatable bonds is 5. The van der Waals surface area contributed by atoms with E-state index < -0.39 is 0 Å². The van der Waals surface area contributed by atoms with Gasteiger partial charge in [0.1, 0.15) is 5.76 Å². The lowest BCUT2D eigenvalue weighted by Crippen LogP contribution is -2.38. The Morgan fingerprint density at radius 1 is 1.26 bits per heavy atom. The number of hydrogen-bond acceptors (Lipinski definition) is 6. The molecule has 1 aliphatic heterocycles. The number of nitrogens with zero attached hydrogens (tertiary/aromatic N) is 1. The fourth-order valence-corrected chi connectivity index (χ4v) is 5.44. The van der Waals surface area contributed by atoms with Crippen LogP contribution in [0.3, 0.4) is 0 Å². The van der Waals surface area contributed by atoms with Crippen LogP contribution in [0.2, 0.25) is 0 Å². The Morgan fingerprint density at radius 2 is 2.13 bits per heavy atom. The standard InChI is InChI=1S/C24H24N2O4S/c1-25-24(27)23-21(17-7-3-4-9-20(17)31-23)19-14-26(10-11-29-19)13-16-12-15-6-5-8-18(28-2)22(15)30-16/h3-9,12,19H,10-11,13-14H2,1-2H3,(H,25,27)/t19-/m0/s1. The summed E-state index contributed by atoms with van der Waals surface area (Å²) in [6, 6.07) is 16.1. The number of fused-ring (bicyclic) bond motifs is 2. The molecule has 1 amide bonds. The number of carbonyl (C=O) groups excluding carboxylic acids is 1. The van der Waals surface area contributed by atoms with Crippen LogP contribution in [0.4, 0.5) is 0 Å². The first-order valence-corrected chi connectivity index (χ1v) is 11.1. The van der Waals surface area contributed by atoms with Crippen LogP contribution in [0.5, 0.6) is 5.75 Å². The predicted molar refractivity (Wildman–Crippen MR) is 122 cm³/mol. The summed E-state index contributed by atoms with van der Waals surface area (Å²) >= 11 is 1.52. The first-order valence-electron chi connectivity index (χ1n) is 10.3. The Hall–Kier alpha value is -2.87. The van der Waals surface area contributed by atoms with Gasteiger partial charge in [-0.15, -0.1) is 11.3 Å². The molecule has 160 valence electrons. The smallest absolute Gasteiger partial charge is 0.261 e. The maximum absolute atomic E-state index is 12.6. The molecule has 1 saturated heterocycles. The van der Waals surface area contributed by atoms with Gasteiger partial charge in [-0.1, -0.05) is 30.3 Å². The molecule has 2 aromatic carbocycles. The van der Waals surface area contributed by atoms with Crippen molar-refractivity contribution in [3.63, 3.8) is 0 Å². The number of amides is 1. The van der Waals surface area contributed by atoms with Crippen LogP contribution >= 0.6 is 11.3 Å². The predicted octanol–water partition coefficient (Wildman–Crippen LogP) is 4.59. The third-order valence-corrected chi connectivity index (χ3v) is 6.88. The van der Waals surface area contributed by atoms with E-state index in [9.17, 15) is 4.79 Å². The number of morpholine rings is 1. The molecular weight excluding hydrogens is 412 g/mol. The van der Waals surface area contributed by atoms with Crippen molar-refractivity contribution in [3.05, 3.63) is 64.7 Å².